The molecular formula is C21H22N2O2S. The van der Waals surface area contributed by atoms with E-state index in [4.69, 9.17) is 4.74 Å². The first-order chi connectivity index (χ1) is 12.7. The van der Waals surface area contributed by atoms with Crippen molar-refractivity contribution in [3.8, 4) is 5.75 Å². The summed E-state index contributed by atoms with van der Waals surface area (Å²) < 4.78 is 5.41. The van der Waals surface area contributed by atoms with E-state index < -0.39 is 0 Å². The Balaban J connectivity index is 1.58. The van der Waals surface area contributed by atoms with Gasteiger partial charge in [0.25, 0.3) is 0 Å². The van der Waals surface area contributed by atoms with Crippen LogP contribution in [0.1, 0.15) is 11.1 Å². The smallest absolute Gasteiger partial charge is 0.230 e. The number of aryl methyl sites for hydroxylation is 1. The normalized spacial score (nSPS) is 10.7. The molecule has 1 heterocycles. The van der Waals surface area contributed by atoms with Crippen LogP contribution in [0.3, 0.4) is 0 Å². The fourth-order valence-electron chi connectivity index (χ4n) is 2.78. The zero-order valence-electron chi connectivity index (χ0n) is 15.0. The van der Waals surface area contributed by atoms with Crippen molar-refractivity contribution in [2.24, 2.45) is 0 Å². The van der Waals surface area contributed by atoms with Crippen LogP contribution in [0.4, 0.5) is 0 Å². The third-order valence-electron chi connectivity index (χ3n) is 4.14. The lowest BCUT2D eigenvalue weighted by Crippen LogP contribution is -2.27. The van der Waals surface area contributed by atoms with Crippen LogP contribution in [0, 0.1) is 6.92 Å². The van der Waals surface area contributed by atoms with Crippen molar-refractivity contribution in [3.05, 3.63) is 65.7 Å². The molecule has 1 N–H and O–H groups in total. The first-order valence-corrected chi connectivity index (χ1v) is 9.53. The molecular weight excluding hydrogens is 344 g/mol. The standard InChI is InChI=1S/C21H22N2O2S/c1-15-13-20(23-21-17(15)9-6-10-18(21)25-2)26-14-19(24)22-12-11-16-7-4-3-5-8-16/h3-10,13H,11-12,14H2,1-2H3,(H,22,24). The number of pyridine rings is 1. The molecule has 0 saturated heterocycles. The predicted octanol–water partition coefficient (Wildman–Crippen LogP) is 4.00. The Hall–Kier alpha value is -2.53. The summed E-state index contributed by atoms with van der Waals surface area (Å²) in [4.78, 5) is 16.8. The van der Waals surface area contributed by atoms with Crippen LogP contribution in [0.25, 0.3) is 10.9 Å². The van der Waals surface area contributed by atoms with Gasteiger partial charge >= 0.3 is 0 Å². The molecule has 134 valence electrons. The van der Waals surface area contributed by atoms with Crippen LogP contribution in [-0.2, 0) is 11.2 Å². The molecule has 0 saturated carbocycles. The van der Waals surface area contributed by atoms with Gasteiger partial charge in [-0.3, -0.25) is 4.79 Å². The highest BCUT2D eigenvalue weighted by Gasteiger charge is 2.09. The fourth-order valence-corrected chi connectivity index (χ4v) is 3.58. The molecule has 0 radical (unpaired) electrons. The topological polar surface area (TPSA) is 51.2 Å². The van der Waals surface area contributed by atoms with Gasteiger partial charge in [0.15, 0.2) is 0 Å². The van der Waals surface area contributed by atoms with Gasteiger partial charge in [0, 0.05) is 11.9 Å². The number of hydrogen-bond acceptors (Lipinski definition) is 4. The van der Waals surface area contributed by atoms with Crippen LogP contribution in [0.15, 0.2) is 59.6 Å². The van der Waals surface area contributed by atoms with E-state index in [1.54, 1.807) is 7.11 Å². The largest absolute Gasteiger partial charge is 0.494 e. The number of rotatable bonds is 7. The fraction of sp³-hybridized carbons (Fsp3) is 0.238. The van der Waals surface area contributed by atoms with E-state index in [1.165, 1.54) is 17.3 Å². The lowest BCUT2D eigenvalue weighted by atomic mass is 10.1. The van der Waals surface area contributed by atoms with Gasteiger partial charge in [-0.15, -0.1) is 0 Å². The molecule has 5 heteroatoms. The number of carbonyl (C=O) groups is 1. The van der Waals surface area contributed by atoms with E-state index in [2.05, 4.69) is 22.4 Å². The Bertz CT molecular complexity index is 897. The second-order valence-corrected chi connectivity index (χ2v) is 7.00. The molecule has 0 atom stereocenters. The minimum absolute atomic E-state index is 0.0190. The number of ether oxygens (including phenoxy) is 1. The molecule has 3 aromatic rings. The summed E-state index contributed by atoms with van der Waals surface area (Å²) in [7, 11) is 1.64. The van der Waals surface area contributed by atoms with Crippen molar-refractivity contribution in [1.29, 1.82) is 0 Å². The van der Waals surface area contributed by atoms with Gasteiger partial charge < -0.3 is 10.1 Å². The predicted molar refractivity (Wildman–Crippen MR) is 107 cm³/mol. The van der Waals surface area contributed by atoms with Crippen molar-refractivity contribution in [2.75, 3.05) is 19.4 Å². The third-order valence-corrected chi connectivity index (χ3v) is 5.05. The summed E-state index contributed by atoms with van der Waals surface area (Å²) in [6.07, 6.45) is 0.835. The maximum absolute atomic E-state index is 12.1. The van der Waals surface area contributed by atoms with Crippen molar-refractivity contribution in [1.82, 2.24) is 10.3 Å². The van der Waals surface area contributed by atoms with E-state index >= 15 is 0 Å². The molecule has 26 heavy (non-hydrogen) atoms. The van der Waals surface area contributed by atoms with Crippen LogP contribution in [0.5, 0.6) is 5.75 Å². The molecule has 0 aliphatic heterocycles. The number of hydrogen-bond donors (Lipinski definition) is 1. The quantitative estimate of drug-likeness (QED) is 0.642. The molecule has 0 aliphatic rings. The van der Waals surface area contributed by atoms with Gasteiger partial charge in [0.05, 0.1) is 17.9 Å². The first kappa shape index (κ1) is 18.3. The Labute approximate surface area is 158 Å². The highest BCUT2D eigenvalue weighted by Crippen LogP contribution is 2.29. The molecule has 2 aromatic carbocycles. The summed E-state index contributed by atoms with van der Waals surface area (Å²) >= 11 is 1.44. The number of para-hydroxylation sites is 1. The van der Waals surface area contributed by atoms with Gasteiger partial charge in [0.2, 0.25) is 5.91 Å². The van der Waals surface area contributed by atoms with Crippen LogP contribution < -0.4 is 10.1 Å². The minimum atomic E-state index is 0.0190. The summed E-state index contributed by atoms with van der Waals surface area (Å²) in [6.45, 7) is 2.69. The van der Waals surface area contributed by atoms with E-state index in [0.29, 0.717) is 12.3 Å². The second kappa shape index (κ2) is 8.72. The molecule has 0 spiro atoms. The van der Waals surface area contributed by atoms with Crippen LogP contribution in [-0.4, -0.2) is 30.3 Å². The molecule has 1 aromatic heterocycles. The summed E-state index contributed by atoms with van der Waals surface area (Å²) in [5, 5.41) is 4.87. The molecule has 0 unspecified atom stereocenters. The van der Waals surface area contributed by atoms with Gasteiger partial charge in [-0.25, -0.2) is 4.98 Å². The summed E-state index contributed by atoms with van der Waals surface area (Å²) in [6, 6.07) is 18.1. The number of benzene rings is 2. The SMILES string of the molecule is COc1cccc2c(C)cc(SCC(=O)NCCc3ccccc3)nc12. The van der Waals surface area contributed by atoms with Crippen LogP contribution >= 0.6 is 11.8 Å². The number of carbonyl (C=O) groups excluding carboxylic acids is 1. The average Bonchev–Trinajstić information content (AvgIpc) is 2.67. The zero-order chi connectivity index (χ0) is 18.4. The van der Waals surface area contributed by atoms with Gasteiger partial charge in [0.1, 0.15) is 11.3 Å². The zero-order valence-corrected chi connectivity index (χ0v) is 15.8. The molecule has 0 bridgehead atoms. The molecule has 0 fully saturated rings. The van der Waals surface area contributed by atoms with E-state index in [9.17, 15) is 4.79 Å². The molecule has 1 amide bonds. The van der Waals surface area contributed by atoms with Crippen molar-refractivity contribution >= 4 is 28.6 Å². The summed E-state index contributed by atoms with van der Waals surface area (Å²) in [5.41, 5.74) is 3.18. The minimum Gasteiger partial charge on any atom is -0.494 e. The van der Waals surface area contributed by atoms with Crippen LogP contribution in [0.2, 0.25) is 0 Å². The van der Waals surface area contributed by atoms with Gasteiger partial charge in [-0.1, -0.05) is 54.2 Å². The molecule has 0 aliphatic carbocycles. The second-order valence-electron chi connectivity index (χ2n) is 6.01. The van der Waals surface area contributed by atoms with Gasteiger partial charge in [-0.2, -0.15) is 0 Å². The van der Waals surface area contributed by atoms with Crippen molar-refractivity contribution in [3.63, 3.8) is 0 Å². The maximum atomic E-state index is 12.1. The monoisotopic (exact) mass is 366 g/mol. The van der Waals surface area contributed by atoms with Crippen molar-refractivity contribution in [2.45, 2.75) is 18.4 Å². The number of aromatic nitrogens is 1. The average molecular weight is 366 g/mol. The third kappa shape index (κ3) is 4.55. The number of fused-ring (bicyclic) bond motifs is 1. The maximum Gasteiger partial charge on any atom is 0.230 e. The van der Waals surface area contributed by atoms with E-state index in [-0.39, 0.29) is 5.91 Å². The lowest BCUT2D eigenvalue weighted by Gasteiger charge is -2.10. The molecule has 4 nitrogen and oxygen atoms in total. The first-order valence-electron chi connectivity index (χ1n) is 8.55. The Morgan fingerprint density at radius 3 is 2.73 bits per heavy atom. The van der Waals surface area contributed by atoms with E-state index in [0.717, 1.165) is 33.7 Å². The highest BCUT2D eigenvalue weighted by atomic mass is 32.2. The Morgan fingerprint density at radius 1 is 1.15 bits per heavy atom. The Kier molecular flexibility index (Phi) is 6.12. The number of thioether (sulfide) groups is 1. The van der Waals surface area contributed by atoms with Gasteiger partial charge in [-0.05, 0) is 36.6 Å². The molecule has 3 rings (SSSR count). The number of nitrogens with zero attached hydrogens (tertiary/aromatic N) is 1. The number of methoxy groups -OCH3 is 1. The summed E-state index contributed by atoms with van der Waals surface area (Å²) in [5.74, 6) is 1.12. The van der Waals surface area contributed by atoms with Crippen molar-refractivity contribution < 1.29 is 9.53 Å². The van der Waals surface area contributed by atoms with E-state index in [1.807, 2.05) is 49.4 Å². The number of nitrogens with one attached hydrogen (secondary N) is 1. The lowest BCUT2D eigenvalue weighted by molar-refractivity contribution is -0.118. The highest BCUT2D eigenvalue weighted by molar-refractivity contribution is 7.99. The number of amides is 1. The Morgan fingerprint density at radius 2 is 1.96 bits per heavy atom.